The quantitative estimate of drug-likeness (QED) is 0.547. The summed E-state index contributed by atoms with van der Waals surface area (Å²) < 4.78 is 0. The van der Waals surface area contributed by atoms with Crippen LogP contribution in [0.25, 0.3) is 0 Å². The molecule has 3 radical (unpaired) electrons. The Morgan fingerprint density at radius 1 is 1.30 bits per heavy atom. The highest BCUT2D eigenvalue weighted by Crippen LogP contribution is 2.22. The number of hydrogen-bond acceptors (Lipinski definition) is 0. The fourth-order valence-corrected chi connectivity index (χ4v) is 1.31. The highest BCUT2D eigenvalue weighted by Gasteiger charge is 2.01. The van der Waals surface area contributed by atoms with Crippen molar-refractivity contribution in [1.29, 1.82) is 0 Å². The van der Waals surface area contributed by atoms with E-state index in [1.165, 1.54) is 0 Å². The minimum Gasteiger partial charge on any atom is -0.0827 e. The molecule has 0 aliphatic rings. The summed E-state index contributed by atoms with van der Waals surface area (Å²) in [5.41, 5.74) is 0.978. The van der Waals surface area contributed by atoms with Crippen molar-refractivity contribution in [2.24, 2.45) is 0 Å². The molecule has 3 heteroatoms. The molecule has 0 saturated carbocycles. The average Bonchev–Trinajstić information content (AvgIpc) is 1.93. The normalized spacial score (nSPS) is 10.0. The highest BCUT2D eigenvalue weighted by molar-refractivity contribution is 6.44. The molecule has 0 saturated heterocycles. The Morgan fingerprint density at radius 2 is 1.90 bits per heavy atom. The monoisotopic (exact) mass is 187 g/mol. The van der Waals surface area contributed by atoms with Crippen molar-refractivity contribution >= 4 is 38.6 Å². The zero-order chi connectivity index (χ0) is 7.72. The largest absolute Gasteiger partial charge is 0.0827 e. The van der Waals surface area contributed by atoms with Crippen LogP contribution in [0.4, 0.5) is 0 Å². The van der Waals surface area contributed by atoms with Gasteiger partial charge < -0.3 is 0 Å². The maximum atomic E-state index is 5.82. The van der Waals surface area contributed by atoms with Gasteiger partial charge in [0, 0.05) is 0 Å². The van der Waals surface area contributed by atoms with Gasteiger partial charge in [-0.3, -0.25) is 0 Å². The molecular weight excluding hydrogens is 183 g/mol. The van der Waals surface area contributed by atoms with Gasteiger partial charge in [-0.15, -0.1) is 0 Å². The number of hydrogen-bond donors (Lipinski definition) is 0. The van der Waals surface area contributed by atoms with Crippen LogP contribution in [0.15, 0.2) is 12.1 Å². The molecule has 0 fully saturated rings. The van der Waals surface area contributed by atoms with Crippen LogP contribution in [0, 0.1) is 6.92 Å². The predicted octanol–water partition coefficient (Wildman–Crippen LogP) is 2.10. The molecule has 1 aromatic carbocycles. The lowest BCUT2D eigenvalue weighted by molar-refractivity contribution is 1.52. The summed E-state index contributed by atoms with van der Waals surface area (Å²) in [7, 11) is 3.39. The Labute approximate surface area is 73.6 Å². The molecule has 0 N–H and O–H groups in total. The lowest BCUT2D eigenvalue weighted by Crippen LogP contribution is -2.06. The Balaban J connectivity index is 3.34. The van der Waals surface area contributed by atoms with Crippen molar-refractivity contribution in [3.8, 4) is 0 Å². The second-order valence-electron chi connectivity index (χ2n) is 2.03. The number of rotatable bonds is 0. The van der Waals surface area contributed by atoms with Crippen LogP contribution in [-0.4, -0.2) is 10.2 Å². The summed E-state index contributed by atoms with van der Waals surface area (Å²) in [4.78, 5) is 0. The van der Waals surface area contributed by atoms with Crippen LogP contribution < -0.4 is 5.19 Å². The van der Waals surface area contributed by atoms with E-state index in [9.17, 15) is 0 Å². The van der Waals surface area contributed by atoms with Gasteiger partial charge in [0.1, 0.15) is 0 Å². The first-order valence-corrected chi connectivity index (χ1v) is 4.04. The molecule has 0 bridgehead atoms. The second kappa shape index (κ2) is 2.95. The fraction of sp³-hybridized carbons (Fsp3) is 0.143. The van der Waals surface area contributed by atoms with Crippen LogP contribution in [0.2, 0.25) is 10.0 Å². The van der Waals surface area contributed by atoms with Gasteiger partial charge >= 0.3 is 0 Å². The van der Waals surface area contributed by atoms with Crippen LogP contribution in [0.3, 0.4) is 0 Å². The smallest absolute Gasteiger partial charge is 0.0716 e. The highest BCUT2D eigenvalue weighted by atomic mass is 35.5. The average molecular weight is 188 g/mol. The summed E-state index contributed by atoms with van der Waals surface area (Å²) in [6, 6.07) is 3.64. The Kier molecular flexibility index (Phi) is 2.39. The Morgan fingerprint density at radius 3 is 2.40 bits per heavy atom. The summed E-state index contributed by atoms with van der Waals surface area (Å²) >= 11 is 11.6. The van der Waals surface area contributed by atoms with Gasteiger partial charge in [0.25, 0.3) is 0 Å². The van der Waals surface area contributed by atoms with Crippen LogP contribution in [-0.2, 0) is 0 Å². The molecule has 1 aromatic rings. The van der Waals surface area contributed by atoms with E-state index >= 15 is 0 Å². The fourth-order valence-electron chi connectivity index (χ4n) is 0.652. The van der Waals surface area contributed by atoms with Gasteiger partial charge in [-0.2, -0.15) is 0 Å². The van der Waals surface area contributed by atoms with E-state index in [0.29, 0.717) is 10.0 Å². The predicted molar refractivity (Wildman–Crippen MR) is 46.6 cm³/mol. The number of benzene rings is 1. The molecule has 10 heavy (non-hydrogen) atoms. The summed E-state index contributed by atoms with van der Waals surface area (Å²) in [5.74, 6) is 0. The second-order valence-corrected chi connectivity index (χ2v) is 3.36. The minimum atomic E-state index is 0.598. The molecule has 0 aromatic heterocycles. The van der Waals surface area contributed by atoms with Crippen molar-refractivity contribution in [3.05, 3.63) is 27.7 Å². The van der Waals surface area contributed by atoms with Gasteiger partial charge in [-0.1, -0.05) is 34.5 Å². The van der Waals surface area contributed by atoms with E-state index in [4.69, 9.17) is 23.2 Å². The zero-order valence-corrected chi connectivity index (χ0v) is 7.92. The van der Waals surface area contributed by atoms with Crippen LogP contribution in [0.1, 0.15) is 5.56 Å². The maximum Gasteiger partial charge on any atom is 0.0716 e. The lowest BCUT2D eigenvalue weighted by atomic mass is 10.2. The first-order valence-electron chi connectivity index (χ1n) is 2.79. The minimum absolute atomic E-state index is 0.598. The molecule has 0 unspecified atom stereocenters. The van der Waals surface area contributed by atoms with Crippen molar-refractivity contribution < 1.29 is 0 Å². The van der Waals surface area contributed by atoms with Crippen molar-refractivity contribution in [2.45, 2.75) is 6.92 Å². The third kappa shape index (κ3) is 1.36. The molecule has 0 amide bonds. The van der Waals surface area contributed by atoms with Gasteiger partial charge in [0.15, 0.2) is 0 Å². The molecule has 51 valence electrons. The summed E-state index contributed by atoms with van der Waals surface area (Å²) in [6.45, 7) is 1.91. The van der Waals surface area contributed by atoms with E-state index in [-0.39, 0.29) is 0 Å². The molecule has 0 aliphatic carbocycles. The first-order chi connectivity index (χ1) is 4.63. The standard InChI is InChI=1S/C7H5Cl2Si/c1-4-6(10)3-2-5(8)7(4)9/h2-3H,1H3. The molecule has 0 spiro atoms. The van der Waals surface area contributed by atoms with E-state index < -0.39 is 0 Å². The van der Waals surface area contributed by atoms with E-state index in [2.05, 4.69) is 10.2 Å². The van der Waals surface area contributed by atoms with Crippen LogP contribution >= 0.6 is 23.2 Å². The van der Waals surface area contributed by atoms with Gasteiger partial charge in [0.2, 0.25) is 0 Å². The van der Waals surface area contributed by atoms with Crippen molar-refractivity contribution in [3.63, 3.8) is 0 Å². The van der Waals surface area contributed by atoms with Gasteiger partial charge in [-0.05, 0) is 18.6 Å². The Bertz CT molecular complexity index is 231. The third-order valence-electron chi connectivity index (χ3n) is 1.34. The van der Waals surface area contributed by atoms with Gasteiger partial charge in [-0.25, -0.2) is 0 Å². The first kappa shape index (κ1) is 8.12. The molecule has 1 rings (SSSR count). The molecular formula is C7H5Cl2Si. The molecule has 0 nitrogen and oxygen atoms in total. The van der Waals surface area contributed by atoms with E-state index in [0.717, 1.165) is 10.8 Å². The van der Waals surface area contributed by atoms with Crippen LogP contribution in [0.5, 0.6) is 0 Å². The van der Waals surface area contributed by atoms with Crippen molar-refractivity contribution in [2.75, 3.05) is 0 Å². The molecule has 0 heterocycles. The van der Waals surface area contributed by atoms with Crippen molar-refractivity contribution in [1.82, 2.24) is 0 Å². The molecule has 0 atom stereocenters. The van der Waals surface area contributed by atoms with E-state index in [1.54, 1.807) is 6.07 Å². The van der Waals surface area contributed by atoms with E-state index in [1.807, 2.05) is 13.0 Å². The summed E-state index contributed by atoms with van der Waals surface area (Å²) in [6.07, 6.45) is 0. The Hall–Kier alpha value is 0.0169. The lowest BCUT2D eigenvalue weighted by Gasteiger charge is -2.02. The van der Waals surface area contributed by atoms with Gasteiger partial charge in [0.05, 0.1) is 20.3 Å². The third-order valence-corrected chi connectivity index (χ3v) is 2.78. The summed E-state index contributed by atoms with van der Waals surface area (Å²) in [5, 5.41) is 2.20. The number of halogens is 2. The SMILES string of the molecule is Cc1c([Si])ccc(Cl)c1Cl. The topological polar surface area (TPSA) is 0 Å². The zero-order valence-electron chi connectivity index (χ0n) is 5.41. The molecule has 0 aliphatic heterocycles. The maximum absolute atomic E-state index is 5.82.